The number of ether oxygens (including phenoxy) is 1. The van der Waals surface area contributed by atoms with Gasteiger partial charge in [-0.15, -0.1) is 0 Å². The zero-order chi connectivity index (χ0) is 22.2. The molecule has 1 N–H and O–H groups in total. The maximum atomic E-state index is 13.5. The molecule has 0 aliphatic carbocycles. The summed E-state index contributed by atoms with van der Waals surface area (Å²) in [6.07, 6.45) is 0. The second-order valence-electron chi connectivity index (χ2n) is 7.75. The van der Waals surface area contributed by atoms with Crippen LogP contribution in [0.15, 0.2) is 54.6 Å². The lowest BCUT2D eigenvalue weighted by molar-refractivity contribution is -0.126. The molecule has 0 fully saturated rings. The lowest BCUT2D eigenvalue weighted by atomic mass is 9.93. The van der Waals surface area contributed by atoms with Gasteiger partial charge in [0.2, 0.25) is 5.91 Å². The van der Waals surface area contributed by atoms with Gasteiger partial charge in [0.25, 0.3) is 5.91 Å². The molecule has 0 saturated heterocycles. The molecule has 2 amide bonds. The number of rotatable bonds is 5. The summed E-state index contributed by atoms with van der Waals surface area (Å²) in [5, 5.41) is 8.02. The number of hydrogen-bond donors (Lipinski definition) is 1. The van der Waals surface area contributed by atoms with Gasteiger partial charge < -0.3 is 10.1 Å². The van der Waals surface area contributed by atoms with Gasteiger partial charge >= 0.3 is 0 Å². The minimum atomic E-state index is -1.19. The van der Waals surface area contributed by atoms with E-state index in [4.69, 9.17) is 16.3 Å². The third-order valence-electron chi connectivity index (χ3n) is 5.44. The van der Waals surface area contributed by atoms with Crippen molar-refractivity contribution in [3.8, 4) is 5.75 Å². The van der Waals surface area contributed by atoms with E-state index in [-0.39, 0.29) is 18.4 Å². The largest absolute Gasteiger partial charge is 0.497 e. The number of carbonyl (C=O) groups is 2. The van der Waals surface area contributed by atoms with E-state index in [1.807, 2.05) is 19.1 Å². The fourth-order valence-electron chi connectivity index (χ4n) is 3.84. The lowest BCUT2D eigenvalue weighted by Crippen LogP contribution is -2.64. The Morgan fingerprint density at radius 3 is 2.68 bits per heavy atom. The quantitative estimate of drug-likeness (QED) is 0.660. The van der Waals surface area contributed by atoms with Crippen LogP contribution in [0.2, 0.25) is 5.02 Å². The molecule has 1 unspecified atom stereocenters. The van der Waals surface area contributed by atoms with Gasteiger partial charge in [-0.3, -0.25) is 19.2 Å². The van der Waals surface area contributed by atoms with Crippen LogP contribution < -0.4 is 15.0 Å². The number of benzene rings is 2. The van der Waals surface area contributed by atoms with E-state index in [2.05, 4.69) is 10.4 Å². The fraction of sp³-hybridized carbons (Fsp3) is 0.261. The topological polar surface area (TPSA) is 76.5 Å². The van der Waals surface area contributed by atoms with Crippen molar-refractivity contribution in [2.24, 2.45) is 0 Å². The molecule has 0 bridgehead atoms. The zero-order valence-electron chi connectivity index (χ0n) is 17.6. The number of aryl methyl sites for hydroxylation is 1. The molecular weight excluding hydrogens is 416 g/mol. The average molecular weight is 439 g/mol. The number of hydrogen-bond acceptors (Lipinski definition) is 4. The second-order valence-corrected chi connectivity index (χ2v) is 8.19. The van der Waals surface area contributed by atoms with E-state index in [1.165, 1.54) is 4.90 Å². The van der Waals surface area contributed by atoms with Crippen molar-refractivity contribution in [3.05, 3.63) is 76.6 Å². The molecule has 1 aliphatic heterocycles. The minimum Gasteiger partial charge on any atom is -0.497 e. The molecule has 1 aromatic heterocycles. The Balaban J connectivity index is 1.71. The van der Waals surface area contributed by atoms with Crippen LogP contribution in [0.3, 0.4) is 0 Å². The van der Waals surface area contributed by atoms with Gasteiger partial charge in [-0.25, -0.2) is 0 Å². The normalized spacial score (nSPS) is 17.9. The average Bonchev–Trinajstić information content (AvgIpc) is 3.13. The predicted octanol–water partition coefficient (Wildman–Crippen LogP) is 3.59. The first-order chi connectivity index (χ1) is 14.8. The van der Waals surface area contributed by atoms with Crippen LogP contribution in [-0.4, -0.2) is 34.2 Å². The Morgan fingerprint density at radius 1 is 1.23 bits per heavy atom. The van der Waals surface area contributed by atoms with Crippen molar-refractivity contribution in [2.75, 3.05) is 12.0 Å². The fourth-order valence-corrected chi connectivity index (χ4v) is 3.97. The smallest absolute Gasteiger partial charge is 0.277 e. The molecule has 0 spiro atoms. The van der Waals surface area contributed by atoms with E-state index in [0.29, 0.717) is 28.7 Å². The molecule has 7 nitrogen and oxygen atoms in total. The first-order valence-electron chi connectivity index (χ1n) is 9.87. The van der Waals surface area contributed by atoms with E-state index < -0.39 is 5.54 Å². The highest BCUT2D eigenvalue weighted by Gasteiger charge is 2.48. The number of amides is 2. The number of fused-ring (bicyclic) bond motifs is 1. The van der Waals surface area contributed by atoms with Crippen molar-refractivity contribution < 1.29 is 14.3 Å². The van der Waals surface area contributed by atoms with Crippen molar-refractivity contribution >= 4 is 29.1 Å². The number of nitrogens with zero attached hydrogens (tertiary/aromatic N) is 3. The number of nitrogens with one attached hydrogen (secondary N) is 1. The van der Waals surface area contributed by atoms with E-state index in [1.54, 1.807) is 61.2 Å². The third kappa shape index (κ3) is 3.88. The van der Waals surface area contributed by atoms with Gasteiger partial charge in [0.15, 0.2) is 0 Å². The number of aromatic nitrogens is 2. The first kappa shape index (κ1) is 20.9. The van der Waals surface area contributed by atoms with Gasteiger partial charge in [0, 0.05) is 23.3 Å². The number of halogens is 1. The molecule has 0 saturated carbocycles. The van der Waals surface area contributed by atoms with Gasteiger partial charge in [0.05, 0.1) is 19.3 Å². The lowest BCUT2D eigenvalue weighted by Gasteiger charge is -2.43. The molecular formula is C23H23ClN4O3. The highest BCUT2D eigenvalue weighted by Crippen LogP contribution is 2.34. The Labute approximate surface area is 185 Å². The molecule has 31 heavy (non-hydrogen) atoms. The monoisotopic (exact) mass is 438 g/mol. The molecule has 1 aliphatic rings. The van der Waals surface area contributed by atoms with Gasteiger partial charge in [-0.2, -0.15) is 5.10 Å². The summed E-state index contributed by atoms with van der Waals surface area (Å²) in [5.74, 6) is 0.0335. The highest BCUT2D eigenvalue weighted by atomic mass is 35.5. The van der Waals surface area contributed by atoms with Crippen LogP contribution in [0.1, 0.15) is 28.7 Å². The summed E-state index contributed by atoms with van der Waals surface area (Å²) in [6.45, 7) is 4.12. The standard InChI is InChI=1S/C23H23ClN4O3/c1-15-11-20-21(29)28(18-5-4-6-19(12-18)31-3)23(2,14-27(20)26-15)22(30)25-13-16-7-9-17(24)10-8-16/h4-12H,13-14H2,1-3H3,(H,25,30). The van der Waals surface area contributed by atoms with Crippen LogP contribution in [-0.2, 0) is 17.9 Å². The molecule has 1 atom stereocenters. The predicted molar refractivity (Wildman–Crippen MR) is 118 cm³/mol. The molecule has 160 valence electrons. The molecule has 8 heteroatoms. The van der Waals surface area contributed by atoms with E-state index >= 15 is 0 Å². The Morgan fingerprint density at radius 2 is 1.97 bits per heavy atom. The molecule has 2 heterocycles. The van der Waals surface area contributed by atoms with E-state index in [0.717, 1.165) is 11.3 Å². The summed E-state index contributed by atoms with van der Waals surface area (Å²) in [7, 11) is 1.56. The van der Waals surface area contributed by atoms with Crippen LogP contribution in [0, 0.1) is 6.92 Å². The number of anilines is 1. The first-order valence-corrected chi connectivity index (χ1v) is 10.3. The molecule has 3 aromatic rings. The molecule has 0 radical (unpaired) electrons. The summed E-state index contributed by atoms with van der Waals surface area (Å²) < 4.78 is 6.94. The van der Waals surface area contributed by atoms with Crippen LogP contribution >= 0.6 is 11.6 Å². The van der Waals surface area contributed by atoms with Gasteiger partial charge in [0.1, 0.15) is 17.0 Å². The second kappa shape index (κ2) is 8.07. The summed E-state index contributed by atoms with van der Waals surface area (Å²) in [6, 6.07) is 16.1. The number of carbonyl (C=O) groups excluding carboxylic acids is 2. The maximum Gasteiger partial charge on any atom is 0.277 e. The SMILES string of the molecule is COc1cccc(N2C(=O)c3cc(C)nn3CC2(C)C(=O)NCc2ccc(Cl)cc2)c1. The summed E-state index contributed by atoms with van der Waals surface area (Å²) in [4.78, 5) is 28.5. The van der Waals surface area contributed by atoms with E-state index in [9.17, 15) is 9.59 Å². The molecule has 2 aromatic carbocycles. The maximum absolute atomic E-state index is 13.5. The minimum absolute atomic E-state index is 0.228. The number of methoxy groups -OCH3 is 1. The van der Waals surface area contributed by atoms with Crippen molar-refractivity contribution in [1.29, 1.82) is 0 Å². The summed E-state index contributed by atoms with van der Waals surface area (Å²) >= 11 is 5.94. The van der Waals surface area contributed by atoms with Crippen LogP contribution in [0.25, 0.3) is 0 Å². The third-order valence-corrected chi connectivity index (χ3v) is 5.69. The van der Waals surface area contributed by atoms with Crippen molar-refractivity contribution in [3.63, 3.8) is 0 Å². The summed E-state index contributed by atoms with van der Waals surface area (Å²) in [5.41, 5.74) is 1.47. The van der Waals surface area contributed by atoms with Crippen molar-refractivity contribution in [2.45, 2.75) is 32.5 Å². The highest BCUT2D eigenvalue weighted by molar-refractivity contribution is 6.30. The Kier molecular flexibility index (Phi) is 5.45. The van der Waals surface area contributed by atoms with Gasteiger partial charge in [-0.05, 0) is 49.7 Å². The Hall–Kier alpha value is -3.32. The van der Waals surface area contributed by atoms with Crippen LogP contribution in [0.4, 0.5) is 5.69 Å². The zero-order valence-corrected chi connectivity index (χ0v) is 18.3. The van der Waals surface area contributed by atoms with Crippen molar-refractivity contribution in [1.82, 2.24) is 15.1 Å². The molecule has 4 rings (SSSR count). The van der Waals surface area contributed by atoms with Crippen LogP contribution in [0.5, 0.6) is 5.75 Å². The van der Waals surface area contributed by atoms with Gasteiger partial charge in [-0.1, -0.05) is 29.8 Å². The Bertz CT molecular complexity index is 1140.